The van der Waals surface area contributed by atoms with E-state index in [-0.39, 0.29) is 11.8 Å². The zero-order chi connectivity index (χ0) is 11.1. The third-order valence-electron chi connectivity index (χ3n) is 3.18. The van der Waals surface area contributed by atoms with E-state index in [1.165, 1.54) is 6.42 Å². The Bertz CT molecular complexity index is 391. The Hall–Kier alpha value is -1.32. The lowest BCUT2D eigenvalue weighted by atomic mass is 9.70. The number of rotatable bonds is 3. The molecular weight excluding hydrogens is 194 g/mol. The summed E-state index contributed by atoms with van der Waals surface area (Å²) in [5, 5.41) is 8.69. The Kier molecular flexibility index (Phi) is 2.29. The van der Waals surface area contributed by atoms with Gasteiger partial charge in [-0.1, -0.05) is 13.3 Å². The standard InChI is InChI=1S/C11H15NO3/c1-7-8(6-9(13)14)15-10(12-7)11(2)4-3-5-11/h3-6H2,1-2H3,(H,13,14). The Morgan fingerprint density at radius 2 is 2.27 bits per heavy atom. The van der Waals surface area contributed by atoms with Crippen molar-refractivity contribution < 1.29 is 14.3 Å². The molecule has 0 atom stereocenters. The minimum atomic E-state index is -0.875. The van der Waals surface area contributed by atoms with Gasteiger partial charge in [-0.15, -0.1) is 0 Å². The predicted octanol–water partition coefficient (Wildman–Crippen LogP) is 2.05. The topological polar surface area (TPSA) is 63.3 Å². The SMILES string of the molecule is Cc1nc(C2(C)CCC2)oc1CC(=O)O. The first-order valence-corrected chi connectivity index (χ1v) is 5.20. The maximum atomic E-state index is 10.6. The predicted molar refractivity (Wildman–Crippen MR) is 53.8 cm³/mol. The quantitative estimate of drug-likeness (QED) is 0.827. The molecule has 0 bridgehead atoms. The molecule has 0 spiro atoms. The van der Waals surface area contributed by atoms with Crippen molar-refractivity contribution in [1.82, 2.24) is 4.98 Å². The monoisotopic (exact) mass is 209 g/mol. The zero-order valence-corrected chi connectivity index (χ0v) is 9.04. The maximum Gasteiger partial charge on any atom is 0.311 e. The van der Waals surface area contributed by atoms with Crippen LogP contribution in [0.4, 0.5) is 0 Å². The molecule has 15 heavy (non-hydrogen) atoms. The van der Waals surface area contributed by atoms with E-state index >= 15 is 0 Å². The lowest BCUT2D eigenvalue weighted by molar-refractivity contribution is -0.136. The van der Waals surface area contributed by atoms with Crippen molar-refractivity contribution in [2.24, 2.45) is 0 Å². The number of aliphatic carboxylic acids is 1. The molecule has 0 amide bonds. The first-order valence-electron chi connectivity index (χ1n) is 5.20. The molecule has 4 nitrogen and oxygen atoms in total. The Balaban J connectivity index is 2.24. The molecule has 1 aliphatic carbocycles. The number of oxazole rings is 1. The molecule has 0 radical (unpaired) electrons. The average Bonchev–Trinajstić information content (AvgIpc) is 2.43. The zero-order valence-electron chi connectivity index (χ0n) is 9.04. The van der Waals surface area contributed by atoms with E-state index in [1.807, 2.05) is 0 Å². The van der Waals surface area contributed by atoms with Gasteiger partial charge in [0.1, 0.15) is 12.2 Å². The molecule has 0 saturated heterocycles. The van der Waals surface area contributed by atoms with E-state index in [1.54, 1.807) is 6.92 Å². The second kappa shape index (κ2) is 3.36. The molecule has 1 saturated carbocycles. The third kappa shape index (κ3) is 1.76. The van der Waals surface area contributed by atoms with Gasteiger partial charge in [0.15, 0.2) is 0 Å². The van der Waals surface area contributed by atoms with Crippen molar-refractivity contribution in [1.29, 1.82) is 0 Å². The lowest BCUT2D eigenvalue weighted by Crippen LogP contribution is -2.30. The summed E-state index contributed by atoms with van der Waals surface area (Å²) in [5.41, 5.74) is 0.752. The fourth-order valence-corrected chi connectivity index (χ4v) is 1.91. The second-order valence-corrected chi connectivity index (χ2v) is 4.51. The summed E-state index contributed by atoms with van der Waals surface area (Å²) < 4.78 is 5.54. The van der Waals surface area contributed by atoms with E-state index in [0.29, 0.717) is 17.3 Å². The van der Waals surface area contributed by atoms with Crippen LogP contribution in [-0.4, -0.2) is 16.1 Å². The van der Waals surface area contributed by atoms with Crippen molar-refractivity contribution in [3.8, 4) is 0 Å². The summed E-state index contributed by atoms with van der Waals surface area (Å²) in [6.07, 6.45) is 3.29. The summed E-state index contributed by atoms with van der Waals surface area (Å²) >= 11 is 0. The molecule has 1 fully saturated rings. The molecule has 0 aromatic carbocycles. The smallest absolute Gasteiger partial charge is 0.311 e. The van der Waals surface area contributed by atoms with Gasteiger partial charge in [-0.25, -0.2) is 4.98 Å². The fraction of sp³-hybridized carbons (Fsp3) is 0.636. The maximum absolute atomic E-state index is 10.6. The number of carboxylic acid groups (broad SMARTS) is 1. The van der Waals surface area contributed by atoms with Gasteiger partial charge in [0.25, 0.3) is 0 Å². The summed E-state index contributed by atoms with van der Waals surface area (Å²) in [5.74, 6) is 0.327. The van der Waals surface area contributed by atoms with E-state index in [2.05, 4.69) is 11.9 Å². The molecule has 1 N–H and O–H groups in total. The molecule has 4 heteroatoms. The van der Waals surface area contributed by atoms with Gasteiger partial charge >= 0.3 is 5.97 Å². The summed E-state index contributed by atoms with van der Waals surface area (Å²) in [6, 6.07) is 0. The van der Waals surface area contributed by atoms with Gasteiger partial charge < -0.3 is 9.52 Å². The number of aryl methyl sites for hydroxylation is 1. The molecule has 1 aromatic heterocycles. The lowest BCUT2D eigenvalue weighted by Gasteiger charge is -2.34. The molecule has 1 aliphatic rings. The van der Waals surface area contributed by atoms with Crippen molar-refractivity contribution in [2.45, 2.75) is 44.9 Å². The molecule has 0 aliphatic heterocycles. The molecule has 82 valence electrons. The summed E-state index contributed by atoms with van der Waals surface area (Å²) in [6.45, 7) is 3.92. The van der Waals surface area contributed by atoms with Gasteiger partial charge in [-0.05, 0) is 19.8 Å². The van der Waals surface area contributed by atoms with Crippen molar-refractivity contribution >= 4 is 5.97 Å². The van der Waals surface area contributed by atoms with Crippen molar-refractivity contribution in [3.63, 3.8) is 0 Å². The number of carbonyl (C=O) groups is 1. The molecular formula is C11H15NO3. The number of nitrogens with zero attached hydrogens (tertiary/aromatic N) is 1. The number of hydrogen-bond acceptors (Lipinski definition) is 3. The van der Waals surface area contributed by atoms with Crippen LogP contribution in [0.25, 0.3) is 0 Å². The van der Waals surface area contributed by atoms with Crippen LogP contribution in [0.5, 0.6) is 0 Å². The van der Waals surface area contributed by atoms with E-state index in [4.69, 9.17) is 9.52 Å². The van der Waals surface area contributed by atoms with Gasteiger partial charge in [-0.3, -0.25) is 4.79 Å². The van der Waals surface area contributed by atoms with Gasteiger partial charge in [0.2, 0.25) is 5.89 Å². The van der Waals surface area contributed by atoms with Crippen LogP contribution < -0.4 is 0 Å². The molecule has 1 aromatic rings. The number of aromatic nitrogens is 1. The van der Waals surface area contributed by atoms with E-state index < -0.39 is 5.97 Å². The van der Waals surface area contributed by atoms with Crippen LogP contribution in [-0.2, 0) is 16.6 Å². The van der Waals surface area contributed by atoms with Crippen LogP contribution in [0.3, 0.4) is 0 Å². The number of carboxylic acids is 1. The number of hydrogen-bond donors (Lipinski definition) is 1. The van der Waals surface area contributed by atoms with Crippen LogP contribution >= 0.6 is 0 Å². The Morgan fingerprint density at radius 3 is 2.73 bits per heavy atom. The van der Waals surface area contributed by atoms with Crippen LogP contribution in [0.15, 0.2) is 4.42 Å². The highest BCUT2D eigenvalue weighted by Gasteiger charge is 2.38. The van der Waals surface area contributed by atoms with E-state index in [0.717, 1.165) is 12.8 Å². The Morgan fingerprint density at radius 1 is 1.60 bits per heavy atom. The highest BCUT2D eigenvalue weighted by molar-refractivity contribution is 5.69. The molecule has 1 heterocycles. The van der Waals surface area contributed by atoms with Gasteiger partial charge in [0, 0.05) is 5.41 Å². The van der Waals surface area contributed by atoms with Crippen LogP contribution in [0.2, 0.25) is 0 Å². The fourth-order valence-electron chi connectivity index (χ4n) is 1.91. The summed E-state index contributed by atoms with van der Waals surface area (Å²) in [4.78, 5) is 14.9. The molecule has 2 rings (SSSR count). The van der Waals surface area contributed by atoms with Crippen LogP contribution in [0, 0.1) is 6.92 Å². The Labute approximate surface area is 88.3 Å². The largest absolute Gasteiger partial charge is 0.481 e. The van der Waals surface area contributed by atoms with Crippen molar-refractivity contribution in [3.05, 3.63) is 17.3 Å². The second-order valence-electron chi connectivity index (χ2n) is 4.51. The normalized spacial score (nSPS) is 18.5. The van der Waals surface area contributed by atoms with Crippen LogP contribution in [0.1, 0.15) is 43.5 Å². The average molecular weight is 209 g/mol. The minimum Gasteiger partial charge on any atom is -0.481 e. The first kappa shape index (κ1) is 10.2. The highest BCUT2D eigenvalue weighted by atomic mass is 16.4. The van der Waals surface area contributed by atoms with Gasteiger partial charge in [-0.2, -0.15) is 0 Å². The first-order chi connectivity index (χ1) is 7.01. The van der Waals surface area contributed by atoms with Crippen molar-refractivity contribution in [2.75, 3.05) is 0 Å². The highest BCUT2D eigenvalue weighted by Crippen LogP contribution is 2.43. The summed E-state index contributed by atoms with van der Waals surface area (Å²) in [7, 11) is 0. The van der Waals surface area contributed by atoms with Gasteiger partial charge in [0.05, 0.1) is 5.69 Å². The third-order valence-corrected chi connectivity index (χ3v) is 3.18. The van der Waals surface area contributed by atoms with E-state index in [9.17, 15) is 4.79 Å². The minimum absolute atomic E-state index is 0.0432. The molecule has 0 unspecified atom stereocenters.